The molecular weight excluding hydrogens is 372 g/mol. The van der Waals surface area contributed by atoms with E-state index in [1.54, 1.807) is 0 Å². The van der Waals surface area contributed by atoms with E-state index >= 15 is 0 Å². The van der Waals surface area contributed by atoms with Gasteiger partial charge in [0.15, 0.2) is 11.5 Å². The van der Waals surface area contributed by atoms with Crippen LogP contribution >= 0.6 is 11.6 Å². The summed E-state index contributed by atoms with van der Waals surface area (Å²) in [6.07, 6.45) is 0. The Hall–Kier alpha value is -2.68. The van der Waals surface area contributed by atoms with Gasteiger partial charge < -0.3 is 0 Å². The van der Waals surface area contributed by atoms with Crippen LogP contribution in [0, 0.1) is 18.4 Å². The van der Waals surface area contributed by atoms with Crippen molar-refractivity contribution in [2.75, 3.05) is 0 Å². The van der Waals surface area contributed by atoms with Crippen LogP contribution in [0.4, 0.5) is 0 Å². The molecule has 4 aromatic rings. The van der Waals surface area contributed by atoms with Crippen molar-refractivity contribution in [1.82, 2.24) is 19.6 Å². The number of aryl methyl sites for hydroxylation is 1. The monoisotopic (exact) mass is 390 g/mol. The highest BCUT2D eigenvalue weighted by atomic mass is 35.5. The smallest absolute Gasteiger partial charge is 0.183 e. The maximum atomic E-state index is 6.41. The Morgan fingerprint density at radius 1 is 1.04 bits per heavy atom. The number of nitrogens with zero attached hydrogens (tertiary/aromatic N) is 4. The Morgan fingerprint density at radius 2 is 1.81 bits per heavy atom. The quantitative estimate of drug-likeness (QED) is 0.334. The second-order valence-electron chi connectivity index (χ2n) is 7.56. The summed E-state index contributed by atoms with van der Waals surface area (Å²) < 4.78 is 2.02. The summed E-state index contributed by atoms with van der Waals surface area (Å²) in [6.45, 7) is 8.65. The third kappa shape index (κ3) is 3.34. The van der Waals surface area contributed by atoms with Crippen LogP contribution in [0.3, 0.4) is 0 Å². The highest BCUT2D eigenvalue weighted by Gasteiger charge is 2.16. The van der Waals surface area contributed by atoms with Crippen molar-refractivity contribution in [3.05, 3.63) is 58.7 Å². The Morgan fingerprint density at radius 3 is 2.56 bits per heavy atom. The molecule has 0 saturated heterocycles. The van der Waals surface area contributed by atoms with E-state index in [4.69, 9.17) is 16.6 Å². The molecule has 2 aromatic heterocycles. The summed E-state index contributed by atoms with van der Waals surface area (Å²) in [7, 11) is -1.43. The van der Waals surface area contributed by atoms with Crippen LogP contribution in [0.25, 0.3) is 28.1 Å². The van der Waals surface area contributed by atoms with Gasteiger partial charge in [0.25, 0.3) is 0 Å². The number of hydrogen-bond donors (Lipinski definition) is 0. The van der Waals surface area contributed by atoms with Gasteiger partial charge in [0.2, 0.25) is 0 Å². The van der Waals surface area contributed by atoms with Crippen LogP contribution in [-0.4, -0.2) is 27.7 Å². The number of rotatable bonds is 1. The Kier molecular flexibility index (Phi) is 4.26. The molecule has 6 heteroatoms. The first-order valence-electron chi connectivity index (χ1n) is 8.77. The molecule has 0 spiro atoms. The molecule has 0 amide bonds. The lowest BCUT2D eigenvalue weighted by Crippen LogP contribution is -2.16. The Labute approximate surface area is 164 Å². The predicted octanol–water partition coefficient (Wildman–Crippen LogP) is 5.14. The average Bonchev–Trinajstić information content (AvgIpc) is 3.05. The molecule has 0 aliphatic rings. The molecule has 0 atom stereocenters. The van der Waals surface area contributed by atoms with Gasteiger partial charge in [-0.05, 0) is 37.3 Å². The lowest BCUT2D eigenvalue weighted by Gasteiger charge is -2.08. The second kappa shape index (κ2) is 6.49. The van der Waals surface area contributed by atoms with E-state index in [1.807, 2.05) is 53.8 Å². The molecule has 4 rings (SSSR count). The van der Waals surface area contributed by atoms with Crippen LogP contribution < -0.4 is 0 Å². The van der Waals surface area contributed by atoms with Gasteiger partial charge in [-0.15, -0.1) is 15.7 Å². The molecule has 0 bridgehead atoms. The van der Waals surface area contributed by atoms with Gasteiger partial charge in [-0.3, -0.25) is 4.40 Å². The maximum Gasteiger partial charge on any atom is 0.183 e. The molecule has 27 heavy (non-hydrogen) atoms. The van der Waals surface area contributed by atoms with E-state index in [9.17, 15) is 0 Å². The van der Waals surface area contributed by atoms with Crippen LogP contribution in [0.1, 0.15) is 11.3 Å². The number of fused-ring (bicyclic) bond motifs is 3. The van der Waals surface area contributed by atoms with E-state index in [0.29, 0.717) is 10.8 Å². The molecule has 2 aromatic carbocycles. The highest BCUT2D eigenvalue weighted by molar-refractivity contribution is 6.83. The van der Waals surface area contributed by atoms with Gasteiger partial charge in [0.05, 0.1) is 21.7 Å². The second-order valence-corrected chi connectivity index (χ2v) is 12.7. The Bertz CT molecular complexity index is 1240. The van der Waals surface area contributed by atoms with Crippen LogP contribution in [0.2, 0.25) is 24.7 Å². The van der Waals surface area contributed by atoms with Crippen molar-refractivity contribution in [3.8, 4) is 22.9 Å². The van der Waals surface area contributed by atoms with Crippen LogP contribution in [-0.2, 0) is 0 Å². The van der Waals surface area contributed by atoms with Gasteiger partial charge in [0, 0.05) is 11.1 Å². The summed E-state index contributed by atoms with van der Waals surface area (Å²) in [6, 6.07) is 13.8. The molecular formula is C21H19ClN4Si. The Balaban J connectivity index is 1.99. The predicted molar refractivity (Wildman–Crippen MR) is 114 cm³/mol. The van der Waals surface area contributed by atoms with Crippen molar-refractivity contribution < 1.29 is 0 Å². The molecule has 0 unspecified atom stereocenters. The SMILES string of the molecule is Cc1nc2cc(C#C[Si](C)(C)C)ccc2n2c(-c3ccccc3Cl)nnc12. The molecule has 0 saturated carbocycles. The zero-order chi connectivity index (χ0) is 19.2. The van der Waals surface area contributed by atoms with E-state index in [1.165, 1.54) is 0 Å². The van der Waals surface area contributed by atoms with Gasteiger partial charge in [-0.25, -0.2) is 4.98 Å². The molecule has 134 valence electrons. The van der Waals surface area contributed by atoms with Crippen molar-refractivity contribution in [2.45, 2.75) is 26.6 Å². The molecule has 0 aliphatic heterocycles. The summed E-state index contributed by atoms with van der Waals surface area (Å²) in [5, 5.41) is 9.39. The van der Waals surface area contributed by atoms with Gasteiger partial charge in [0.1, 0.15) is 8.07 Å². The first kappa shape index (κ1) is 17.7. The minimum absolute atomic E-state index is 0.645. The molecule has 0 N–H and O–H groups in total. The summed E-state index contributed by atoms with van der Waals surface area (Å²) in [5.74, 6) is 4.02. The standard InChI is InChI=1S/C21H19ClN4Si/c1-14-20-24-25-21(16-7-5-6-8-17(16)22)26(20)19-10-9-15(13-18(19)23-14)11-12-27(2,3)4/h5-10,13H,1-4H3. The average molecular weight is 391 g/mol. The summed E-state index contributed by atoms with van der Waals surface area (Å²) in [4.78, 5) is 4.73. The number of benzene rings is 2. The van der Waals surface area contributed by atoms with Gasteiger partial charge in [-0.2, -0.15) is 0 Å². The largest absolute Gasteiger partial charge is 0.272 e. The lowest BCUT2D eigenvalue weighted by atomic mass is 10.1. The van der Waals surface area contributed by atoms with Gasteiger partial charge in [-0.1, -0.05) is 49.3 Å². The molecule has 0 fully saturated rings. The van der Waals surface area contributed by atoms with Crippen LogP contribution in [0.15, 0.2) is 42.5 Å². The lowest BCUT2D eigenvalue weighted by molar-refractivity contribution is 1.11. The van der Waals surface area contributed by atoms with Crippen LogP contribution in [0.5, 0.6) is 0 Å². The minimum Gasteiger partial charge on any atom is -0.272 e. The van der Waals surface area contributed by atoms with E-state index in [2.05, 4.69) is 41.3 Å². The maximum absolute atomic E-state index is 6.41. The first-order chi connectivity index (χ1) is 12.8. The first-order valence-corrected chi connectivity index (χ1v) is 12.6. The van der Waals surface area contributed by atoms with E-state index < -0.39 is 8.07 Å². The third-order valence-electron chi connectivity index (χ3n) is 4.19. The number of hydrogen-bond acceptors (Lipinski definition) is 3. The highest BCUT2D eigenvalue weighted by Crippen LogP contribution is 2.29. The summed E-state index contributed by atoms with van der Waals surface area (Å²) in [5.41, 5.74) is 8.60. The minimum atomic E-state index is -1.43. The van der Waals surface area contributed by atoms with Crippen molar-refractivity contribution in [1.29, 1.82) is 0 Å². The fraction of sp³-hybridized carbons (Fsp3) is 0.190. The fourth-order valence-corrected chi connectivity index (χ4v) is 3.67. The van der Waals surface area contributed by atoms with Gasteiger partial charge >= 0.3 is 0 Å². The van der Waals surface area contributed by atoms with E-state index in [-0.39, 0.29) is 0 Å². The van der Waals surface area contributed by atoms with Crippen molar-refractivity contribution >= 4 is 36.4 Å². The fourth-order valence-electron chi connectivity index (χ4n) is 2.93. The normalized spacial score (nSPS) is 11.6. The molecule has 0 radical (unpaired) electrons. The van der Waals surface area contributed by atoms with Crippen molar-refractivity contribution in [2.24, 2.45) is 0 Å². The molecule has 0 aliphatic carbocycles. The molecule has 4 nitrogen and oxygen atoms in total. The zero-order valence-corrected chi connectivity index (χ0v) is 17.5. The molecule has 2 heterocycles. The van der Waals surface area contributed by atoms with E-state index in [0.717, 1.165) is 33.5 Å². The topological polar surface area (TPSA) is 43.1 Å². The van der Waals surface area contributed by atoms with Crippen molar-refractivity contribution in [3.63, 3.8) is 0 Å². The third-order valence-corrected chi connectivity index (χ3v) is 5.39. The number of aromatic nitrogens is 4. The zero-order valence-electron chi connectivity index (χ0n) is 15.7. The number of halogens is 1. The summed E-state index contributed by atoms with van der Waals surface area (Å²) >= 11 is 6.41.